The highest BCUT2D eigenvalue weighted by Crippen LogP contribution is 2.37. The molecule has 3 rings (SSSR count). The Balaban J connectivity index is 2.02. The monoisotopic (exact) mass is 284 g/mol. The van der Waals surface area contributed by atoms with Crippen LogP contribution in [0, 0.1) is 5.82 Å². The van der Waals surface area contributed by atoms with E-state index in [0.29, 0.717) is 6.42 Å². The van der Waals surface area contributed by atoms with Crippen LogP contribution in [0.25, 0.3) is 0 Å². The van der Waals surface area contributed by atoms with Crippen molar-refractivity contribution in [3.63, 3.8) is 0 Å². The molecular formula is C18H21FN2. The third-order valence-electron chi connectivity index (χ3n) is 4.26. The summed E-state index contributed by atoms with van der Waals surface area (Å²) in [6.45, 7) is 2.94. The summed E-state index contributed by atoms with van der Waals surface area (Å²) in [5.74, 6) is -0.152. The molecule has 2 aromatic carbocycles. The van der Waals surface area contributed by atoms with E-state index in [-0.39, 0.29) is 11.9 Å². The predicted octanol–water partition coefficient (Wildman–Crippen LogP) is 3.80. The van der Waals surface area contributed by atoms with Crippen molar-refractivity contribution in [1.82, 2.24) is 0 Å². The first kappa shape index (κ1) is 14.1. The van der Waals surface area contributed by atoms with Gasteiger partial charge < -0.3 is 10.6 Å². The molecule has 0 spiro atoms. The molecule has 1 aliphatic rings. The van der Waals surface area contributed by atoms with Gasteiger partial charge in [-0.05, 0) is 43.0 Å². The van der Waals surface area contributed by atoms with Gasteiger partial charge in [-0.3, -0.25) is 0 Å². The Morgan fingerprint density at radius 3 is 2.71 bits per heavy atom. The lowest BCUT2D eigenvalue weighted by Crippen LogP contribution is -2.24. The lowest BCUT2D eigenvalue weighted by Gasteiger charge is -2.24. The van der Waals surface area contributed by atoms with E-state index < -0.39 is 0 Å². The third kappa shape index (κ3) is 2.66. The maximum atomic E-state index is 14.3. The SMILES string of the molecule is CCC(N)Cc1c(F)cccc1N1CCc2ccccc21. The highest BCUT2D eigenvalue weighted by atomic mass is 19.1. The zero-order chi connectivity index (χ0) is 14.8. The summed E-state index contributed by atoms with van der Waals surface area (Å²) in [6, 6.07) is 13.7. The highest BCUT2D eigenvalue weighted by Gasteiger charge is 2.23. The summed E-state index contributed by atoms with van der Waals surface area (Å²) in [6.07, 6.45) is 2.44. The number of hydrogen-bond acceptors (Lipinski definition) is 2. The topological polar surface area (TPSA) is 29.3 Å². The van der Waals surface area contributed by atoms with Gasteiger partial charge in [-0.2, -0.15) is 0 Å². The van der Waals surface area contributed by atoms with Gasteiger partial charge in [0.1, 0.15) is 5.82 Å². The molecule has 1 heterocycles. The number of fused-ring (bicyclic) bond motifs is 1. The number of anilines is 2. The van der Waals surface area contributed by atoms with E-state index in [2.05, 4.69) is 23.1 Å². The molecule has 1 aliphatic heterocycles. The summed E-state index contributed by atoms with van der Waals surface area (Å²) in [4.78, 5) is 2.22. The Morgan fingerprint density at radius 1 is 1.14 bits per heavy atom. The summed E-state index contributed by atoms with van der Waals surface area (Å²) in [5, 5.41) is 0. The fourth-order valence-electron chi connectivity index (χ4n) is 3.00. The molecule has 2 nitrogen and oxygen atoms in total. The van der Waals surface area contributed by atoms with Crippen LogP contribution in [0.5, 0.6) is 0 Å². The summed E-state index contributed by atoms with van der Waals surface area (Å²) in [5.41, 5.74) is 10.3. The molecule has 1 atom stereocenters. The van der Waals surface area contributed by atoms with Gasteiger partial charge in [0.2, 0.25) is 0 Å². The van der Waals surface area contributed by atoms with Gasteiger partial charge in [0.25, 0.3) is 0 Å². The van der Waals surface area contributed by atoms with Gasteiger partial charge in [-0.15, -0.1) is 0 Å². The predicted molar refractivity (Wildman–Crippen MR) is 85.5 cm³/mol. The second-order valence-corrected chi connectivity index (χ2v) is 5.64. The first-order chi connectivity index (χ1) is 10.2. The van der Waals surface area contributed by atoms with Crippen LogP contribution >= 0.6 is 0 Å². The van der Waals surface area contributed by atoms with E-state index in [1.807, 2.05) is 19.1 Å². The molecule has 0 radical (unpaired) electrons. The number of para-hydroxylation sites is 1. The van der Waals surface area contributed by atoms with E-state index in [9.17, 15) is 4.39 Å². The number of benzene rings is 2. The molecule has 0 bridgehead atoms. The second kappa shape index (κ2) is 5.86. The minimum Gasteiger partial charge on any atom is -0.341 e. The maximum absolute atomic E-state index is 14.3. The first-order valence-corrected chi connectivity index (χ1v) is 7.59. The minimum absolute atomic E-state index is 0.00139. The number of rotatable bonds is 4. The van der Waals surface area contributed by atoms with Crippen molar-refractivity contribution in [3.8, 4) is 0 Å². The van der Waals surface area contributed by atoms with Gasteiger partial charge >= 0.3 is 0 Å². The molecule has 1 unspecified atom stereocenters. The van der Waals surface area contributed by atoms with E-state index in [1.54, 1.807) is 6.07 Å². The number of hydrogen-bond donors (Lipinski definition) is 1. The number of nitrogens with zero attached hydrogens (tertiary/aromatic N) is 1. The molecule has 2 aromatic rings. The fourth-order valence-corrected chi connectivity index (χ4v) is 3.00. The second-order valence-electron chi connectivity index (χ2n) is 5.64. The van der Waals surface area contributed by atoms with Crippen molar-refractivity contribution >= 4 is 11.4 Å². The average molecular weight is 284 g/mol. The Labute approximate surface area is 125 Å². The van der Waals surface area contributed by atoms with E-state index in [4.69, 9.17) is 5.73 Å². The van der Waals surface area contributed by atoms with Gasteiger partial charge in [-0.1, -0.05) is 31.2 Å². The standard InChI is InChI=1S/C18H21FN2/c1-2-14(20)12-15-16(19)7-5-9-18(15)21-11-10-13-6-3-4-8-17(13)21/h3-9,14H,2,10-12,20H2,1H3. The molecule has 21 heavy (non-hydrogen) atoms. The minimum atomic E-state index is -0.152. The third-order valence-corrected chi connectivity index (χ3v) is 4.26. The lowest BCUT2D eigenvalue weighted by atomic mass is 10.0. The Kier molecular flexibility index (Phi) is 3.93. The summed E-state index contributed by atoms with van der Waals surface area (Å²) in [7, 11) is 0. The van der Waals surface area contributed by atoms with Crippen LogP contribution in [0.2, 0.25) is 0 Å². The molecule has 0 aliphatic carbocycles. The molecule has 2 N–H and O–H groups in total. The first-order valence-electron chi connectivity index (χ1n) is 7.59. The van der Waals surface area contributed by atoms with Crippen molar-refractivity contribution in [2.24, 2.45) is 5.73 Å². The van der Waals surface area contributed by atoms with Crippen LogP contribution < -0.4 is 10.6 Å². The summed E-state index contributed by atoms with van der Waals surface area (Å²) >= 11 is 0. The van der Waals surface area contributed by atoms with Crippen LogP contribution in [0.1, 0.15) is 24.5 Å². The normalized spacial score (nSPS) is 15.1. The molecule has 0 fully saturated rings. The maximum Gasteiger partial charge on any atom is 0.128 e. The fraction of sp³-hybridized carbons (Fsp3) is 0.333. The summed E-state index contributed by atoms with van der Waals surface area (Å²) < 4.78 is 14.3. The van der Waals surface area contributed by atoms with Crippen LogP contribution in [0.4, 0.5) is 15.8 Å². The van der Waals surface area contributed by atoms with Gasteiger partial charge in [0.05, 0.1) is 0 Å². The van der Waals surface area contributed by atoms with Crippen LogP contribution in [0.3, 0.4) is 0 Å². The van der Waals surface area contributed by atoms with Crippen molar-refractivity contribution < 1.29 is 4.39 Å². The Morgan fingerprint density at radius 2 is 1.90 bits per heavy atom. The van der Waals surface area contributed by atoms with Crippen molar-refractivity contribution in [2.75, 3.05) is 11.4 Å². The van der Waals surface area contributed by atoms with Crippen molar-refractivity contribution in [2.45, 2.75) is 32.2 Å². The Hall–Kier alpha value is -1.87. The van der Waals surface area contributed by atoms with Crippen molar-refractivity contribution in [1.29, 1.82) is 0 Å². The van der Waals surface area contributed by atoms with Gasteiger partial charge in [-0.25, -0.2) is 4.39 Å². The number of nitrogens with two attached hydrogens (primary N) is 1. The smallest absolute Gasteiger partial charge is 0.128 e. The zero-order valence-corrected chi connectivity index (χ0v) is 12.3. The molecule has 0 aromatic heterocycles. The molecular weight excluding hydrogens is 263 g/mol. The van der Waals surface area contributed by atoms with Crippen LogP contribution in [-0.2, 0) is 12.8 Å². The van der Waals surface area contributed by atoms with Gasteiger partial charge in [0, 0.05) is 29.5 Å². The van der Waals surface area contributed by atoms with E-state index in [1.165, 1.54) is 17.3 Å². The van der Waals surface area contributed by atoms with Gasteiger partial charge in [0.15, 0.2) is 0 Å². The van der Waals surface area contributed by atoms with Crippen molar-refractivity contribution in [3.05, 3.63) is 59.4 Å². The largest absolute Gasteiger partial charge is 0.341 e. The zero-order valence-electron chi connectivity index (χ0n) is 12.3. The van der Waals surface area contributed by atoms with Crippen LogP contribution in [0.15, 0.2) is 42.5 Å². The van der Waals surface area contributed by atoms with Crippen LogP contribution in [-0.4, -0.2) is 12.6 Å². The Bertz CT molecular complexity index is 639. The molecule has 3 heteroatoms. The molecule has 110 valence electrons. The van der Waals surface area contributed by atoms with E-state index >= 15 is 0 Å². The molecule has 0 saturated heterocycles. The van der Waals surface area contributed by atoms with E-state index in [0.717, 1.165) is 30.6 Å². The molecule has 0 amide bonds. The average Bonchev–Trinajstić information content (AvgIpc) is 2.93. The quantitative estimate of drug-likeness (QED) is 0.925. The highest BCUT2D eigenvalue weighted by molar-refractivity contribution is 5.72. The lowest BCUT2D eigenvalue weighted by molar-refractivity contribution is 0.579. The number of halogens is 1. The molecule has 0 saturated carbocycles.